The van der Waals surface area contributed by atoms with Crippen LogP contribution in [0.1, 0.15) is 17.8 Å². The maximum Gasteiger partial charge on any atom is 0.275 e. The first-order valence-electron chi connectivity index (χ1n) is 8.71. The molecule has 0 unspecified atom stereocenters. The third-order valence-electron chi connectivity index (χ3n) is 4.67. The Labute approximate surface area is 153 Å². The maximum absolute atomic E-state index is 12.3. The van der Waals surface area contributed by atoms with Gasteiger partial charge in [0.25, 0.3) is 5.91 Å². The monoisotopic (exact) mass is 360 g/mol. The van der Waals surface area contributed by atoms with Crippen molar-refractivity contribution in [1.82, 2.24) is 5.32 Å². The van der Waals surface area contributed by atoms with Crippen LogP contribution in [0, 0.1) is 0 Å². The minimum Gasteiger partial charge on any atom is -0.497 e. The van der Waals surface area contributed by atoms with E-state index in [0.717, 1.165) is 31.9 Å². The van der Waals surface area contributed by atoms with Crippen molar-refractivity contribution in [1.29, 1.82) is 0 Å². The number of rotatable bonds is 6. The van der Waals surface area contributed by atoms with Crippen molar-refractivity contribution in [2.24, 2.45) is 0 Å². The molecule has 6 heteroatoms. The van der Waals surface area contributed by atoms with Crippen molar-refractivity contribution in [2.75, 3.05) is 44.7 Å². The Morgan fingerprint density at radius 1 is 1.28 bits per heavy atom. The third-order valence-corrected chi connectivity index (χ3v) is 5.72. The summed E-state index contributed by atoms with van der Waals surface area (Å²) < 4.78 is 5.21. The molecule has 2 N–H and O–H groups in total. The van der Waals surface area contributed by atoms with Gasteiger partial charge in [-0.3, -0.25) is 4.79 Å². The Balaban J connectivity index is 1.44. The summed E-state index contributed by atoms with van der Waals surface area (Å²) in [6.45, 7) is 6.48. The van der Waals surface area contributed by atoms with E-state index >= 15 is 0 Å². The van der Waals surface area contributed by atoms with Gasteiger partial charge in [0.2, 0.25) is 0 Å². The van der Waals surface area contributed by atoms with Crippen LogP contribution in [0.25, 0.3) is 0 Å². The van der Waals surface area contributed by atoms with Gasteiger partial charge in [-0.15, -0.1) is 11.3 Å². The number of anilines is 1. The highest BCUT2D eigenvalue weighted by Gasteiger charge is 2.23. The number of amides is 1. The molecule has 25 heavy (non-hydrogen) atoms. The van der Waals surface area contributed by atoms with Crippen molar-refractivity contribution in [3.05, 3.63) is 46.7 Å². The van der Waals surface area contributed by atoms with Crippen LogP contribution in [0.15, 0.2) is 41.8 Å². The first-order chi connectivity index (χ1) is 12.2. The molecular formula is C19H26N3O2S+. The Bertz CT molecular complexity index is 664. The largest absolute Gasteiger partial charge is 0.497 e. The zero-order chi connectivity index (χ0) is 17.6. The standard InChI is InChI=1S/C19H25N3O2S/c1-15(18-4-3-13-25-18)20-19(23)14-21-9-11-22(12-10-21)16-5-7-17(24-2)8-6-16/h3-8,13,15H,9-12,14H2,1-2H3,(H,20,23)/p+1/t15-/m1/s1. The van der Waals surface area contributed by atoms with Crippen molar-refractivity contribution < 1.29 is 14.4 Å². The lowest BCUT2D eigenvalue weighted by Crippen LogP contribution is -3.15. The lowest BCUT2D eigenvalue weighted by Gasteiger charge is -2.33. The average Bonchev–Trinajstić information content (AvgIpc) is 3.17. The Hall–Kier alpha value is -2.05. The number of methoxy groups -OCH3 is 1. The van der Waals surface area contributed by atoms with Gasteiger partial charge in [0.1, 0.15) is 5.75 Å². The molecule has 3 rings (SSSR count). The number of carbonyl (C=O) groups is 1. The summed E-state index contributed by atoms with van der Waals surface area (Å²) in [6, 6.07) is 12.4. The molecule has 1 aliphatic heterocycles. The van der Waals surface area contributed by atoms with Crippen LogP contribution in [0.4, 0.5) is 5.69 Å². The number of thiophene rings is 1. The molecule has 1 fully saturated rings. The van der Waals surface area contributed by atoms with Crippen molar-refractivity contribution >= 4 is 22.9 Å². The highest BCUT2D eigenvalue weighted by atomic mass is 32.1. The molecule has 1 amide bonds. The van der Waals surface area contributed by atoms with Crippen molar-refractivity contribution in [3.8, 4) is 5.75 Å². The Kier molecular flexibility index (Phi) is 5.94. The topological polar surface area (TPSA) is 46.0 Å². The molecule has 134 valence electrons. The highest BCUT2D eigenvalue weighted by Crippen LogP contribution is 2.19. The minimum atomic E-state index is 0.0903. The lowest BCUT2D eigenvalue weighted by atomic mass is 10.2. The van der Waals surface area contributed by atoms with Crippen LogP contribution in [0.3, 0.4) is 0 Å². The second-order valence-corrected chi connectivity index (χ2v) is 7.40. The van der Waals surface area contributed by atoms with Crippen LogP contribution >= 0.6 is 11.3 Å². The molecule has 1 aromatic heterocycles. The van der Waals surface area contributed by atoms with E-state index in [1.54, 1.807) is 18.4 Å². The summed E-state index contributed by atoms with van der Waals surface area (Å²) >= 11 is 1.68. The van der Waals surface area contributed by atoms with E-state index in [1.165, 1.54) is 15.5 Å². The predicted octanol–water partition coefficient (Wildman–Crippen LogP) is 1.34. The van der Waals surface area contributed by atoms with Gasteiger partial charge in [0.15, 0.2) is 6.54 Å². The second-order valence-electron chi connectivity index (χ2n) is 6.42. The van der Waals surface area contributed by atoms with Crippen LogP contribution in [0.5, 0.6) is 5.75 Å². The zero-order valence-corrected chi connectivity index (χ0v) is 15.6. The fourth-order valence-electron chi connectivity index (χ4n) is 3.18. The van der Waals surface area contributed by atoms with E-state index < -0.39 is 0 Å². The number of carbonyl (C=O) groups excluding carboxylic acids is 1. The highest BCUT2D eigenvalue weighted by molar-refractivity contribution is 7.10. The van der Waals surface area contributed by atoms with E-state index in [1.807, 2.05) is 30.5 Å². The first kappa shape index (κ1) is 17.8. The average molecular weight is 361 g/mol. The van der Waals surface area contributed by atoms with Gasteiger partial charge < -0.3 is 19.9 Å². The second kappa shape index (κ2) is 8.36. The van der Waals surface area contributed by atoms with Gasteiger partial charge in [-0.05, 0) is 42.6 Å². The molecule has 0 radical (unpaired) electrons. The van der Waals surface area contributed by atoms with Crippen LogP contribution in [-0.4, -0.2) is 45.7 Å². The number of benzene rings is 1. The SMILES string of the molecule is COc1ccc(N2CC[NH+](CC(=O)N[C@H](C)c3cccs3)CC2)cc1. The number of hydrogen-bond acceptors (Lipinski definition) is 4. The molecule has 0 aliphatic carbocycles. The predicted molar refractivity (Wildman–Crippen MR) is 102 cm³/mol. The van der Waals surface area contributed by atoms with Crippen LogP contribution < -0.4 is 19.9 Å². The van der Waals surface area contributed by atoms with Crippen molar-refractivity contribution in [3.63, 3.8) is 0 Å². The normalized spacial score (nSPS) is 16.5. The molecule has 1 saturated heterocycles. The van der Waals surface area contributed by atoms with E-state index in [-0.39, 0.29) is 11.9 Å². The molecule has 1 atom stereocenters. The van der Waals surface area contributed by atoms with E-state index in [0.29, 0.717) is 6.54 Å². The van der Waals surface area contributed by atoms with Crippen molar-refractivity contribution in [2.45, 2.75) is 13.0 Å². The molecule has 0 spiro atoms. The number of nitrogens with zero attached hydrogens (tertiary/aromatic N) is 1. The molecule has 2 heterocycles. The maximum atomic E-state index is 12.3. The Morgan fingerprint density at radius 2 is 2.00 bits per heavy atom. The summed E-state index contributed by atoms with van der Waals surface area (Å²) in [7, 11) is 1.68. The summed E-state index contributed by atoms with van der Waals surface area (Å²) in [5.41, 5.74) is 1.22. The van der Waals surface area contributed by atoms with Crippen LogP contribution in [0.2, 0.25) is 0 Å². The summed E-state index contributed by atoms with van der Waals surface area (Å²) in [5, 5.41) is 5.15. The molecule has 1 aromatic carbocycles. The Morgan fingerprint density at radius 3 is 2.60 bits per heavy atom. The summed E-state index contributed by atoms with van der Waals surface area (Å²) in [4.78, 5) is 17.2. The lowest BCUT2D eigenvalue weighted by molar-refractivity contribution is -0.892. The summed E-state index contributed by atoms with van der Waals surface area (Å²) in [5.74, 6) is 1.01. The smallest absolute Gasteiger partial charge is 0.275 e. The van der Waals surface area contributed by atoms with Gasteiger partial charge in [-0.25, -0.2) is 0 Å². The zero-order valence-electron chi connectivity index (χ0n) is 14.8. The van der Waals surface area contributed by atoms with Gasteiger partial charge in [-0.1, -0.05) is 6.07 Å². The van der Waals surface area contributed by atoms with Gasteiger partial charge in [0.05, 0.1) is 39.3 Å². The fraction of sp³-hybridized carbons (Fsp3) is 0.421. The third kappa shape index (κ3) is 4.74. The molecule has 2 aromatic rings. The molecule has 0 bridgehead atoms. The molecular weight excluding hydrogens is 334 g/mol. The van der Waals surface area contributed by atoms with Gasteiger partial charge >= 0.3 is 0 Å². The number of hydrogen-bond donors (Lipinski definition) is 2. The van der Waals surface area contributed by atoms with E-state index in [2.05, 4.69) is 28.4 Å². The minimum absolute atomic E-state index is 0.0903. The molecule has 1 aliphatic rings. The number of ether oxygens (including phenoxy) is 1. The fourth-order valence-corrected chi connectivity index (χ4v) is 3.91. The van der Waals surface area contributed by atoms with Gasteiger partial charge in [0, 0.05) is 10.6 Å². The van der Waals surface area contributed by atoms with Gasteiger partial charge in [-0.2, -0.15) is 0 Å². The number of quaternary nitrogens is 1. The number of piperazine rings is 1. The number of nitrogens with one attached hydrogen (secondary N) is 2. The molecule has 0 saturated carbocycles. The van der Waals surface area contributed by atoms with E-state index in [9.17, 15) is 4.79 Å². The van der Waals surface area contributed by atoms with Crippen LogP contribution in [-0.2, 0) is 4.79 Å². The summed E-state index contributed by atoms with van der Waals surface area (Å²) in [6.07, 6.45) is 0. The quantitative estimate of drug-likeness (QED) is 0.817. The van der Waals surface area contributed by atoms with E-state index in [4.69, 9.17) is 4.74 Å². The first-order valence-corrected chi connectivity index (χ1v) is 9.59. The molecule has 5 nitrogen and oxygen atoms in total.